The SMILES string of the molecule is C[C@@H]1CC2=C(CCC(=O)C2)C2CC[C@]3(C)C(=O)CCC3C21. The summed E-state index contributed by atoms with van der Waals surface area (Å²) in [5.74, 6) is 3.59. The summed E-state index contributed by atoms with van der Waals surface area (Å²) in [4.78, 5) is 24.2. The minimum atomic E-state index is -0.0298. The van der Waals surface area contributed by atoms with Gasteiger partial charge in [-0.3, -0.25) is 9.59 Å². The molecule has 0 aromatic rings. The molecule has 4 aliphatic carbocycles. The number of Topliss-reactive ketones (excluding diaryl/α,β-unsaturated/α-hetero) is 2. The maximum absolute atomic E-state index is 12.4. The third kappa shape index (κ3) is 1.83. The highest BCUT2D eigenvalue weighted by atomic mass is 16.1. The lowest BCUT2D eigenvalue weighted by molar-refractivity contribution is -0.130. The van der Waals surface area contributed by atoms with Crippen LogP contribution in [0.5, 0.6) is 0 Å². The maximum Gasteiger partial charge on any atom is 0.139 e. The lowest BCUT2D eigenvalue weighted by Crippen LogP contribution is -2.47. The van der Waals surface area contributed by atoms with E-state index in [1.165, 1.54) is 12.0 Å². The number of ketones is 2. The van der Waals surface area contributed by atoms with Gasteiger partial charge >= 0.3 is 0 Å². The molecule has 4 aliphatic rings. The van der Waals surface area contributed by atoms with E-state index in [4.69, 9.17) is 0 Å². The van der Waals surface area contributed by atoms with Crippen LogP contribution in [-0.4, -0.2) is 11.6 Å². The molecule has 0 bridgehead atoms. The minimum Gasteiger partial charge on any atom is -0.299 e. The molecule has 0 aliphatic heterocycles. The first kappa shape index (κ1) is 13.7. The van der Waals surface area contributed by atoms with E-state index in [2.05, 4.69) is 13.8 Å². The van der Waals surface area contributed by atoms with Crippen molar-refractivity contribution in [2.45, 2.75) is 65.2 Å². The molecule has 2 saturated carbocycles. The van der Waals surface area contributed by atoms with Gasteiger partial charge in [0.1, 0.15) is 11.6 Å². The molecule has 0 amide bonds. The van der Waals surface area contributed by atoms with Crippen molar-refractivity contribution in [1.29, 1.82) is 0 Å². The van der Waals surface area contributed by atoms with E-state index in [-0.39, 0.29) is 5.41 Å². The summed E-state index contributed by atoms with van der Waals surface area (Å²) in [6.45, 7) is 4.61. The molecule has 2 nitrogen and oxygen atoms in total. The first-order valence-corrected chi connectivity index (χ1v) is 8.76. The highest BCUT2D eigenvalue weighted by Gasteiger charge is 2.56. The summed E-state index contributed by atoms with van der Waals surface area (Å²) in [6, 6.07) is 0. The minimum absolute atomic E-state index is 0.0298. The molecule has 2 heteroatoms. The number of hydrogen-bond donors (Lipinski definition) is 0. The molecular formula is C19H26O2. The number of carbonyl (C=O) groups is 2. The largest absolute Gasteiger partial charge is 0.299 e. The Balaban J connectivity index is 1.72. The fourth-order valence-electron chi connectivity index (χ4n) is 6.23. The van der Waals surface area contributed by atoms with Crippen molar-refractivity contribution in [1.82, 2.24) is 0 Å². The fraction of sp³-hybridized carbons (Fsp3) is 0.789. The molecule has 0 radical (unpaired) electrons. The second-order valence-corrected chi connectivity index (χ2v) is 8.23. The molecule has 0 aromatic carbocycles. The smallest absolute Gasteiger partial charge is 0.139 e. The molecule has 3 unspecified atom stereocenters. The second kappa shape index (κ2) is 4.54. The van der Waals surface area contributed by atoms with Crippen LogP contribution < -0.4 is 0 Å². The zero-order chi connectivity index (χ0) is 14.8. The summed E-state index contributed by atoms with van der Waals surface area (Å²) in [7, 11) is 0. The van der Waals surface area contributed by atoms with Gasteiger partial charge in [-0.1, -0.05) is 25.0 Å². The van der Waals surface area contributed by atoms with Gasteiger partial charge in [-0.15, -0.1) is 0 Å². The third-order valence-corrected chi connectivity index (χ3v) is 7.25. The van der Waals surface area contributed by atoms with Crippen molar-refractivity contribution >= 4 is 11.6 Å². The lowest BCUT2D eigenvalue weighted by Gasteiger charge is -2.52. The normalized spacial score (nSPS) is 46.2. The van der Waals surface area contributed by atoms with E-state index < -0.39 is 0 Å². The Morgan fingerprint density at radius 1 is 1.10 bits per heavy atom. The lowest BCUT2D eigenvalue weighted by atomic mass is 9.52. The van der Waals surface area contributed by atoms with Gasteiger partial charge in [0, 0.05) is 24.7 Å². The second-order valence-electron chi connectivity index (χ2n) is 8.23. The van der Waals surface area contributed by atoms with Gasteiger partial charge in [0.2, 0.25) is 0 Å². The number of fused-ring (bicyclic) bond motifs is 4. The van der Waals surface area contributed by atoms with Crippen molar-refractivity contribution in [3.05, 3.63) is 11.1 Å². The van der Waals surface area contributed by atoms with Crippen molar-refractivity contribution in [3.8, 4) is 0 Å². The molecule has 0 N–H and O–H groups in total. The van der Waals surface area contributed by atoms with Crippen LogP contribution in [0.1, 0.15) is 65.2 Å². The van der Waals surface area contributed by atoms with E-state index >= 15 is 0 Å². The van der Waals surface area contributed by atoms with Crippen molar-refractivity contribution in [2.24, 2.45) is 29.1 Å². The van der Waals surface area contributed by atoms with Crippen LogP contribution in [0, 0.1) is 29.1 Å². The van der Waals surface area contributed by atoms with Gasteiger partial charge in [0.25, 0.3) is 0 Å². The predicted octanol–water partition coefficient (Wildman–Crippen LogP) is 4.09. The zero-order valence-corrected chi connectivity index (χ0v) is 13.3. The molecule has 0 heterocycles. The average Bonchev–Trinajstić information content (AvgIpc) is 2.74. The monoisotopic (exact) mass is 286 g/mol. The summed E-state index contributed by atoms with van der Waals surface area (Å²) < 4.78 is 0. The van der Waals surface area contributed by atoms with E-state index in [9.17, 15) is 9.59 Å². The quantitative estimate of drug-likeness (QED) is 0.629. The molecule has 0 spiro atoms. The van der Waals surface area contributed by atoms with Crippen LogP contribution in [0.4, 0.5) is 0 Å². The van der Waals surface area contributed by atoms with Gasteiger partial charge in [-0.25, -0.2) is 0 Å². The molecular weight excluding hydrogens is 260 g/mol. The zero-order valence-electron chi connectivity index (χ0n) is 13.3. The Hall–Kier alpha value is -0.920. The number of carbonyl (C=O) groups excluding carboxylic acids is 2. The molecule has 0 saturated heterocycles. The first-order chi connectivity index (χ1) is 10.0. The van der Waals surface area contributed by atoms with E-state index in [0.29, 0.717) is 35.2 Å². The molecule has 2 fully saturated rings. The molecule has 5 atom stereocenters. The average molecular weight is 286 g/mol. The van der Waals surface area contributed by atoms with Crippen LogP contribution >= 0.6 is 0 Å². The van der Waals surface area contributed by atoms with Gasteiger partial charge < -0.3 is 0 Å². The Labute approximate surface area is 127 Å². The predicted molar refractivity (Wildman–Crippen MR) is 81.7 cm³/mol. The third-order valence-electron chi connectivity index (χ3n) is 7.25. The summed E-state index contributed by atoms with van der Waals surface area (Å²) >= 11 is 0. The fourth-order valence-corrected chi connectivity index (χ4v) is 6.23. The Kier molecular flexibility index (Phi) is 2.96. The highest BCUT2D eigenvalue weighted by molar-refractivity contribution is 5.87. The van der Waals surface area contributed by atoms with Crippen LogP contribution in [0.3, 0.4) is 0 Å². The molecule has 4 rings (SSSR count). The van der Waals surface area contributed by atoms with Crippen LogP contribution in [0.15, 0.2) is 11.1 Å². The molecule has 0 aromatic heterocycles. The van der Waals surface area contributed by atoms with Crippen molar-refractivity contribution in [2.75, 3.05) is 0 Å². The topological polar surface area (TPSA) is 34.1 Å². The number of hydrogen-bond acceptors (Lipinski definition) is 2. The molecule has 114 valence electrons. The van der Waals surface area contributed by atoms with Gasteiger partial charge in [-0.2, -0.15) is 0 Å². The van der Waals surface area contributed by atoms with Gasteiger partial charge in [0.15, 0.2) is 0 Å². The van der Waals surface area contributed by atoms with E-state index in [1.807, 2.05) is 0 Å². The molecule has 21 heavy (non-hydrogen) atoms. The Bertz CT molecular complexity index is 544. The highest BCUT2D eigenvalue weighted by Crippen LogP contribution is 2.61. The van der Waals surface area contributed by atoms with Gasteiger partial charge in [0.05, 0.1) is 0 Å². The first-order valence-electron chi connectivity index (χ1n) is 8.76. The standard InChI is InChI=1S/C19H26O2/c1-11-9-12-10-13(20)3-4-14(12)15-7-8-19(2)16(18(11)15)5-6-17(19)21/h11,15-16,18H,3-10H2,1-2H3/t11-,15?,16?,18?,19+/m1/s1. The summed E-state index contributed by atoms with van der Waals surface area (Å²) in [5.41, 5.74) is 3.09. The Morgan fingerprint density at radius 2 is 1.90 bits per heavy atom. The number of rotatable bonds is 0. The summed E-state index contributed by atoms with van der Waals surface area (Å²) in [6.07, 6.45) is 7.79. The van der Waals surface area contributed by atoms with Crippen molar-refractivity contribution in [3.63, 3.8) is 0 Å². The van der Waals surface area contributed by atoms with Crippen LogP contribution in [-0.2, 0) is 9.59 Å². The summed E-state index contributed by atoms with van der Waals surface area (Å²) in [5, 5.41) is 0. The maximum atomic E-state index is 12.4. The van der Waals surface area contributed by atoms with Crippen LogP contribution in [0.2, 0.25) is 0 Å². The van der Waals surface area contributed by atoms with E-state index in [1.54, 1.807) is 5.57 Å². The Morgan fingerprint density at radius 3 is 2.71 bits per heavy atom. The number of allylic oxidation sites excluding steroid dienone is 2. The van der Waals surface area contributed by atoms with Gasteiger partial charge in [-0.05, 0) is 55.8 Å². The van der Waals surface area contributed by atoms with Crippen LogP contribution in [0.25, 0.3) is 0 Å². The van der Waals surface area contributed by atoms with E-state index in [0.717, 1.165) is 44.9 Å². The van der Waals surface area contributed by atoms with Crippen molar-refractivity contribution < 1.29 is 9.59 Å².